The van der Waals surface area contributed by atoms with Crippen molar-refractivity contribution in [3.63, 3.8) is 0 Å². The first-order valence-electron chi connectivity index (χ1n) is 4.83. The van der Waals surface area contributed by atoms with Gasteiger partial charge in [0.05, 0.1) is 13.2 Å². The zero-order valence-corrected chi connectivity index (χ0v) is 10.0. The number of carbonyl (C=O) groups excluding carboxylic acids is 1. The molecule has 0 aromatic heterocycles. The van der Waals surface area contributed by atoms with Crippen LogP contribution >= 0.6 is 15.9 Å². The van der Waals surface area contributed by atoms with Crippen LogP contribution in [0.15, 0.2) is 22.7 Å². The zero-order chi connectivity index (χ0) is 10.8. The van der Waals surface area contributed by atoms with Gasteiger partial charge in [-0.2, -0.15) is 0 Å². The molecule has 1 aromatic rings. The number of hydrogen-bond donors (Lipinski definition) is 1. The largest absolute Gasteiger partial charge is 0.497 e. The van der Waals surface area contributed by atoms with Gasteiger partial charge >= 0.3 is 0 Å². The van der Waals surface area contributed by atoms with Crippen molar-refractivity contribution < 1.29 is 9.53 Å². The Morgan fingerprint density at radius 2 is 2.33 bits per heavy atom. The summed E-state index contributed by atoms with van der Waals surface area (Å²) in [7, 11) is 1.64. The van der Waals surface area contributed by atoms with E-state index in [0.717, 1.165) is 22.2 Å². The first-order chi connectivity index (χ1) is 7.20. The summed E-state index contributed by atoms with van der Waals surface area (Å²) in [5.41, 5.74) is 1.08. The van der Waals surface area contributed by atoms with Crippen molar-refractivity contribution in [1.29, 1.82) is 0 Å². The van der Waals surface area contributed by atoms with Crippen molar-refractivity contribution in [1.82, 2.24) is 5.32 Å². The fourth-order valence-corrected chi connectivity index (χ4v) is 2.29. The highest BCUT2D eigenvalue weighted by molar-refractivity contribution is 9.10. The van der Waals surface area contributed by atoms with Gasteiger partial charge in [-0.1, -0.05) is 15.9 Å². The van der Waals surface area contributed by atoms with Crippen molar-refractivity contribution >= 4 is 21.8 Å². The second kappa shape index (κ2) is 4.23. The predicted octanol–water partition coefficient (Wildman–Crippen LogP) is 2.41. The lowest BCUT2D eigenvalue weighted by molar-refractivity contribution is -0.119. The van der Waals surface area contributed by atoms with Crippen LogP contribution in [-0.2, 0) is 4.79 Å². The van der Waals surface area contributed by atoms with Gasteiger partial charge in [0.25, 0.3) is 0 Å². The number of methoxy groups -OCH3 is 1. The van der Waals surface area contributed by atoms with Crippen LogP contribution in [-0.4, -0.2) is 13.0 Å². The maximum atomic E-state index is 11.1. The minimum absolute atomic E-state index is 0.113. The van der Waals surface area contributed by atoms with E-state index in [1.54, 1.807) is 7.11 Å². The van der Waals surface area contributed by atoms with Gasteiger partial charge in [0.1, 0.15) is 5.75 Å². The van der Waals surface area contributed by atoms with Crippen LogP contribution in [0.3, 0.4) is 0 Å². The molecule has 0 spiro atoms. The second-order valence-corrected chi connectivity index (χ2v) is 4.40. The molecule has 1 aliphatic rings. The van der Waals surface area contributed by atoms with E-state index in [9.17, 15) is 4.79 Å². The Labute approximate surface area is 96.9 Å². The molecule has 0 bridgehead atoms. The molecule has 1 aromatic carbocycles. The molecule has 0 aliphatic carbocycles. The molecule has 1 aliphatic heterocycles. The van der Waals surface area contributed by atoms with Crippen molar-refractivity contribution in [3.05, 3.63) is 28.2 Å². The Bertz CT molecular complexity index is 392. The second-order valence-electron chi connectivity index (χ2n) is 3.55. The molecule has 1 unspecified atom stereocenters. The van der Waals surface area contributed by atoms with Crippen LogP contribution < -0.4 is 10.1 Å². The van der Waals surface area contributed by atoms with Crippen LogP contribution in [0.25, 0.3) is 0 Å². The third-order valence-corrected chi connectivity index (χ3v) is 3.30. The fraction of sp³-hybridized carbons (Fsp3) is 0.364. The topological polar surface area (TPSA) is 38.3 Å². The van der Waals surface area contributed by atoms with E-state index >= 15 is 0 Å². The van der Waals surface area contributed by atoms with E-state index in [-0.39, 0.29) is 11.9 Å². The average molecular weight is 270 g/mol. The standard InChI is InChI=1S/C11H12BrNO2/c1-15-7-2-3-9(12)8(6-7)10-4-5-11(14)13-10/h2-3,6,10H,4-5H2,1H3,(H,13,14). The number of carbonyl (C=O) groups is 1. The van der Waals surface area contributed by atoms with Crippen molar-refractivity contribution in [3.8, 4) is 5.75 Å². The third kappa shape index (κ3) is 2.15. The number of halogens is 1. The molecule has 3 nitrogen and oxygen atoms in total. The zero-order valence-electron chi connectivity index (χ0n) is 8.42. The summed E-state index contributed by atoms with van der Waals surface area (Å²) >= 11 is 3.48. The van der Waals surface area contributed by atoms with Gasteiger partial charge in [-0.25, -0.2) is 0 Å². The van der Waals surface area contributed by atoms with Crippen LogP contribution in [0.5, 0.6) is 5.75 Å². The van der Waals surface area contributed by atoms with Crippen LogP contribution in [0.4, 0.5) is 0 Å². The first-order valence-corrected chi connectivity index (χ1v) is 5.63. The van der Waals surface area contributed by atoms with Crippen molar-refractivity contribution in [2.24, 2.45) is 0 Å². The lowest BCUT2D eigenvalue weighted by Gasteiger charge is -2.13. The minimum atomic E-state index is 0.113. The molecule has 1 heterocycles. The van der Waals surface area contributed by atoms with Gasteiger partial charge in [0, 0.05) is 10.9 Å². The minimum Gasteiger partial charge on any atom is -0.497 e. The van der Waals surface area contributed by atoms with Gasteiger partial charge in [-0.05, 0) is 30.2 Å². The summed E-state index contributed by atoms with van der Waals surface area (Å²) in [5, 5.41) is 2.94. The Hall–Kier alpha value is -1.03. The summed E-state index contributed by atoms with van der Waals surface area (Å²) < 4.78 is 6.17. The lowest BCUT2D eigenvalue weighted by atomic mass is 10.1. The van der Waals surface area contributed by atoms with Crippen LogP contribution in [0.1, 0.15) is 24.4 Å². The maximum absolute atomic E-state index is 11.1. The monoisotopic (exact) mass is 269 g/mol. The molecule has 1 N–H and O–H groups in total. The van der Waals surface area contributed by atoms with Crippen LogP contribution in [0, 0.1) is 0 Å². The molecule has 1 saturated heterocycles. The Morgan fingerprint density at radius 3 is 2.93 bits per heavy atom. The van der Waals surface area contributed by atoms with Gasteiger partial charge in [0.2, 0.25) is 5.91 Å². The average Bonchev–Trinajstić information content (AvgIpc) is 2.65. The van der Waals surface area contributed by atoms with E-state index in [2.05, 4.69) is 21.2 Å². The SMILES string of the molecule is COc1ccc(Br)c(C2CCC(=O)N2)c1. The summed E-state index contributed by atoms with van der Waals surface area (Å²) in [5.74, 6) is 0.934. The molecule has 80 valence electrons. The van der Waals surface area contributed by atoms with Crippen molar-refractivity contribution in [2.75, 3.05) is 7.11 Å². The van der Waals surface area contributed by atoms with E-state index in [0.29, 0.717) is 6.42 Å². The summed E-state index contributed by atoms with van der Waals surface area (Å²) in [6, 6.07) is 5.91. The number of benzene rings is 1. The molecule has 4 heteroatoms. The third-order valence-electron chi connectivity index (χ3n) is 2.57. The van der Waals surface area contributed by atoms with Gasteiger partial charge in [-0.3, -0.25) is 4.79 Å². The molecular weight excluding hydrogens is 258 g/mol. The number of amides is 1. The summed E-state index contributed by atoms with van der Waals surface area (Å²) in [6.45, 7) is 0. The molecule has 15 heavy (non-hydrogen) atoms. The Balaban J connectivity index is 2.30. The van der Waals surface area contributed by atoms with Crippen molar-refractivity contribution in [2.45, 2.75) is 18.9 Å². The maximum Gasteiger partial charge on any atom is 0.220 e. The van der Waals surface area contributed by atoms with Gasteiger partial charge < -0.3 is 10.1 Å². The number of rotatable bonds is 2. The highest BCUT2D eigenvalue weighted by Gasteiger charge is 2.24. The van der Waals surface area contributed by atoms with Crippen LogP contribution in [0.2, 0.25) is 0 Å². The van der Waals surface area contributed by atoms with E-state index in [1.165, 1.54) is 0 Å². The lowest BCUT2D eigenvalue weighted by Crippen LogP contribution is -2.18. The predicted molar refractivity (Wildman–Crippen MR) is 60.8 cm³/mol. The van der Waals surface area contributed by atoms with E-state index < -0.39 is 0 Å². The van der Waals surface area contributed by atoms with Gasteiger partial charge in [0.15, 0.2) is 0 Å². The molecule has 1 amide bonds. The summed E-state index contributed by atoms with van der Waals surface area (Å²) in [6.07, 6.45) is 1.46. The molecule has 0 saturated carbocycles. The Morgan fingerprint density at radius 1 is 1.53 bits per heavy atom. The smallest absolute Gasteiger partial charge is 0.220 e. The number of ether oxygens (including phenoxy) is 1. The molecule has 0 radical (unpaired) electrons. The number of nitrogens with one attached hydrogen (secondary N) is 1. The normalized spacial score (nSPS) is 20.1. The van der Waals surface area contributed by atoms with Gasteiger partial charge in [-0.15, -0.1) is 0 Å². The quantitative estimate of drug-likeness (QED) is 0.896. The highest BCUT2D eigenvalue weighted by atomic mass is 79.9. The molecule has 1 fully saturated rings. The molecule has 1 atom stereocenters. The fourth-order valence-electron chi connectivity index (χ4n) is 1.76. The molecule has 2 rings (SSSR count). The van der Waals surface area contributed by atoms with E-state index in [4.69, 9.17) is 4.74 Å². The number of hydrogen-bond acceptors (Lipinski definition) is 2. The highest BCUT2D eigenvalue weighted by Crippen LogP contribution is 2.32. The Kier molecular flexibility index (Phi) is 2.95. The summed E-state index contributed by atoms with van der Waals surface area (Å²) in [4.78, 5) is 11.1. The molecular formula is C11H12BrNO2. The first kappa shape index (κ1) is 10.5. The van der Waals surface area contributed by atoms with E-state index in [1.807, 2.05) is 18.2 Å².